The summed E-state index contributed by atoms with van der Waals surface area (Å²) in [4.78, 5) is 4.22. The van der Waals surface area contributed by atoms with Gasteiger partial charge in [-0.15, -0.1) is 0 Å². The van der Waals surface area contributed by atoms with Crippen molar-refractivity contribution < 1.29 is 13.9 Å². The molecule has 0 heterocycles. The van der Waals surface area contributed by atoms with Crippen molar-refractivity contribution in [2.75, 3.05) is 27.8 Å². The lowest BCUT2D eigenvalue weighted by molar-refractivity contribution is 0.354. The van der Waals surface area contributed by atoms with Gasteiger partial charge in [0.1, 0.15) is 5.82 Å². The third-order valence-electron chi connectivity index (χ3n) is 4.29. The van der Waals surface area contributed by atoms with Crippen molar-refractivity contribution in [3.05, 3.63) is 58.9 Å². The van der Waals surface area contributed by atoms with Crippen molar-refractivity contribution in [3.8, 4) is 11.5 Å². The Hall–Kier alpha value is -2.76. The van der Waals surface area contributed by atoms with Gasteiger partial charge in [0.2, 0.25) is 0 Å². The molecule has 2 rings (SSSR count). The van der Waals surface area contributed by atoms with E-state index < -0.39 is 0 Å². The Morgan fingerprint density at radius 2 is 1.74 bits per heavy atom. The Balaban J connectivity index is 1.77. The monoisotopic (exact) mass is 373 g/mol. The fourth-order valence-corrected chi connectivity index (χ4v) is 2.76. The number of aryl methyl sites for hydroxylation is 2. The van der Waals surface area contributed by atoms with Crippen molar-refractivity contribution >= 4 is 5.96 Å². The molecule has 6 heteroatoms. The number of methoxy groups -OCH3 is 2. The number of hydrogen-bond donors (Lipinski definition) is 2. The summed E-state index contributed by atoms with van der Waals surface area (Å²) in [5.74, 6) is 2.02. The van der Waals surface area contributed by atoms with Crippen LogP contribution in [0.5, 0.6) is 11.5 Å². The smallest absolute Gasteiger partial charge is 0.191 e. The summed E-state index contributed by atoms with van der Waals surface area (Å²) < 4.78 is 23.9. The number of ether oxygens (including phenoxy) is 2. The normalized spacial score (nSPS) is 11.2. The van der Waals surface area contributed by atoms with Crippen LogP contribution in [0.2, 0.25) is 0 Å². The number of hydrogen-bond acceptors (Lipinski definition) is 3. The number of guanidine groups is 1. The molecule has 0 unspecified atom stereocenters. The number of aliphatic imine (C=N–C) groups is 1. The quantitative estimate of drug-likeness (QED) is 0.423. The third kappa shape index (κ3) is 6.16. The van der Waals surface area contributed by atoms with Crippen molar-refractivity contribution in [2.45, 2.75) is 26.3 Å². The maximum absolute atomic E-state index is 13.3. The number of halogens is 1. The van der Waals surface area contributed by atoms with Crippen LogP contribution in [-0.4, -0.2) is 33.8 Å². The molecule has 0 saturated heterocycles. The van der Waals surface area contributed by atoms with Gasteiger partial charge in [-0.1, -0.05) is 18.2 Å². The molecule has 5 nitrogen and oxygen atoms in total. The van der Waals surface area contributed by atoms with Gasteiger partial charge in [-0.3, -0.25) is 4.99 Å². The van der Waals surface area contributed by atoms with Gasteiger partial charge in [0.15, 0.2) is 17.5 Å². The molecule has 0 fully saturated rings. The molecule has 2 aromatic rings. The molecular formula is C21H28FN3O2. The summed E-state index contributed by atoms with van der Waals surface area (Å²) in [5, 5.41) is 6.54. The van der Waals surface area contributed by atoms with Crippen LogP contribution in [0.25, 0.3) is 0 Å². The summed E-state index contributed by atoms with van der Waals surface area (Å²) in [7, 11) is 5.01. The standard InChI is InChI=1S/C21H28FN3O2/c1-15-12-17(7-9-18(15)22)14-25-21(23-2)24-11-5-6-16-8-10-19(26-3)20(13-16)27-4/h7-10,12-13H,5-6,11,14H2,1-4H3,(H2,23,24,25). The van der Waals surface area contributed by atoms with E-state index in [4.69, 9.17) is 9.47 Å². The second kappa shape index (κ2) is 10.4. The van der Waals surface area contributed by atoms with Gasteiger partial charge in [0, 0.05) is 20.1 Å². The first kappa shape index (κ1) is 20.6. The van der Waals surface area contributed by atoms with Crippen molar-refractivity contribution in [1.82, 2.24) is 10.6 Å². The van der Waals surface area contributed by atoms with Gasteiger partial charge in [0.25, 0.3) is 0 Å². The average molecular weight is 373 g/mol. The molecular weight excluding hydrogens is 345 g/mol. The van der Waals surface area contributed by atoms with E-state index >= 15 is 0 Å². The van der Waals surface area contributed by atoms with Crippen LogP contribution in [0.3, 0.4) is 0 Å². The van der Waals surface area contributed by atoms with Crippen LogP contribution in [0, 0.1) is 12.7 Å². The van der Waals surface area contributed by atoms with Crippen molar-refractivity contribution in [2.24, 2.45) is 4.99 Å². The SMILES string of the molecule is CN=C(NCCCc1ccc(OC)c(OC)c1)NCc1ccc(F)c(C)c1. The van der Waals surface area contributed by atoms with Gasteiger partial charge in [-0.2, -0.15) is 0 Å². The first-order valence-corrected chi connectivity index (χ1v) is 8.97. The minimum Gasteiger partial charge on any atom is -0.493 e. The third-order valence-corrected chi connectivity index (χ3v) is 4.29. The van der Waals surface area contributed by atoms with E-state index in [0.29, 0.717) is 12.1 Å². The molecule has 0 atom stereocenters. The zero-order valence-corrected chi connectivity index (χ0v) is 16.4. The highest BCUT2D eigenvalue weighted by molar-refractivity contribution is 5.79. The van der Waals surface area contributed by atoms with Gasteiger partial charge in [0.05, 0.1) is 14.2 Å². The van der Waals surface area contributed by atoms with E-state index in [0.717, 1.165) is 42.4 Å². The summed E-state index contributed by atoms with van der Waals surface area (Å²) in [6.45, 7) is 3.15. The fraction of sp³-hybridized carbons (Fsp3) is 0.381. The van der Waals surface area contributed by atoms with Gasteiger partial charge < -0.3 is 20.1 Å². The highest BCUT2D eigenvalue weighted by atomic mass is 19.1. The second-order valence-electron chi connectivity index (χ2n) is 6.23. The molecule has 0 radical (unpaired) electrons. The van der Waals surface area contributed by atoms with E-state index in [-0.39, 0.29) is 5.82 Å². The topological polar surface area (TPSA) is 54.9 Å². The average Bonchev–Trinajstić information content (AvgIpc) is 2.69. The van der Waals surface area contributed by atoms with E-state index in [1.165, 1.54) is 11.6 Å². The molecule has 0 aliphatic heterocycles. The lowest BCUT2D eigenvalue weighted by Gasteiger charge is -2.13. The number of rotatable bonds is 8. The molecule has 0 aromatic heterocycles. The van der Waals surface area contributed by atoms with Crippen molar-refractivity contribution in [3.63, 3.8) is 0 Å². The van der Waals surface area contributed by atoms with Crippen LogP contribution < -0.4 is 20.1 Å². The number of benzene rings is 2. The van der Waals surface area contributed by atoms with Crippen molar-refractivity contribution in [1.29, 1.82) is 0 Å². The predicted molar refractivity (Wildman–Crippen MR) is 107 cm³/mol. The Kier molecular flexibility index (Phi) is 7.92. The summed E-state index contributed by atoms with van der Waals surface area (Å²) in [5.41, 5.74) is 2.86. The predicted octanol–water partition coefficient (Wildman–Crippen LogP) is 3.45. The first-order chi connectivity index (χ1) is 13.1. The van der Waals surface area contributed by atoms with E-state index in [1.54, 1.807) is 34.3 Å². The maximum atomic E-state index is 13.3. The van der Waals surface area contributed by atoms with E-state index in [2.05, 4.69) is 15.6 Å². The summed E-state index contributed by atoms with van der Waals surface area (Å²) in [6, 6.07) is 11.1. The number of nitrogens with one attached hydrogen (secondary N) is 2. The lowest BCUT2D eigenvalue weighted by atomic mass is 10.1. The zero-order valence-electron chi connectivity index (χ0n) is 16.4. The molecule has 0 amide bonds. The zero-order chi connectivity index (χ0) is 19.6. The Morgan fingerprint density at radius 3 is 2.41 bits per heavy atom. The van der Waals surface area contributed by atoms with Crippen LogP contribution in [-0.2, 0) is 13.0 Å². The number of nitrogens with zero attached hydrogens (tertiary/aromatic N) is 1. The van der Waals surface area contributed by atoms with Gasteiger partial charge in [-0.25, -0.2) is 4.39 Å². The molecule has 0 spiro atoms. The van der Waals surface area contributed by atoms with Gasteiger partial charge in [-0.05, 0) is 54.7 Å². The second-order valence-corrected chi connectivity index (χ2v) is 6.23. The molecule has 2 aromatic carbocycles. The van der Waals surface area contributed by atoms with Crippen LogP contribution in [0.1, 0.15) is 23.1 Å². The molecule has 0 bridgehead atoms. The van der Waals surface area contributed by atoms with Crippen LogP contribution >= 0.6 is 0 Å². The molecule has 0 saturated carbocycles. The Morgan fingerprint density at radius 1 is 1.00 bits per heavy atom. The molecule has 146 valence electrons. The highest BCUT2D eigenvalue weighted by Gasteiger charge is 2.05. The Labute approximate surface area is 160 Å². The Bertz CT molecular complexity index is 778. The largest absolute Gasteiger partial charge is 0.493 e. The summed E-state index contributed by atoms with van der Waals surface area (Å²) in [6.07, 6.45) is 1.87. The molecule has 27 heavy (non-hydrogen) atoms. The molecule has 2 N–H and O–H groups in total. The lowest BCUT2D eigenvalue weighted by Crippen LogP contribution is -2.37. The van der Waals surface area contributed by atoms with Crippen LogP contribution in [0.15, 0.2) is 41.4 Å². The first-order valence-electron chi connectivity index (χ1n) is 8.97. The highest BCUT2D eigenvalue weighted by Crippen LogP contribution is 2.27. The van der Waals surface area contributed by atoms with E-state index in [1.807, 2.05) is 24.3 Å². The maximum Gasteiger partial charge on any atom is 0.191 e. The fourth-order valence-electron chi connectivity index (χ4n) is 2.76. The van der Waals surface area contributed by atoms with Crippen LogP contribution in [0.4, 0.5) is 4.39 Å². The minimum atomic E-state index is -0.184. The molecule has 0 aliphatic rings. The van der Waals surface area contributed by atoms with E-state index in [9.17, 15) is 4.39 Å². The minimum absolute atomic E-state index is 0.184. The molecule has 0 aliphatic carbocycles. The van der Waals surface area contributed by atoms with Gasteiger partial charge >= 0.3 is 0 Å². The summed E-state index contributed by atoms with van der Waals surface area (Å²) >= 11 is 0.